The Morgan fingerprint density at radius 1 is 1.00 bits per heavy atom. The molecule has 1 aliphatic rings. The molecule has 1 aliphatic heterocycles. The van der Waals surface area contributed by atoms with E-state index in [-0.39, 0.29) is 11.4 Å². The first-order valence-electron chi connectivity index (χ1n) is 5.73. The van der Waals surface area contributed by atoms with Gasteiger partial charge < -0.3 is 10.1 Å². The van der Waals surface area contributed by atoms with Crippen LogP contribution in [0.4, 0.5) is 24.5 Å². The van der Waals surface area contributed by atoms with Gasteiger partial charge in [-0.25, -0.2) is 0 Å². The molecular weight excluding hydrogens is 271 g/mol. The highest BCUT2D eigenvalue weighted by molar-refractivity contribution is 5.82. The Morgan fingerprint density at radius 3 is 2.50 bits per heavy atom. The second-order valence-corrected chi connectivity index (χ2v) is 4.31. The van der Waals surface area contributed by atoms with Crippen molar-refractivity contribution in [2.45, 2.75) is 6.18 Å². The zero-order chi connectivity index (χ0) is 14.3. The Morgan fingerprint density at radius 2 is 1.80 bits per heavy atom. The van der Waals surface area contributed by atoms with Crippen LogP contribution in [-0.2, 0) is 6.18 Å². The highest BCUT2D eigenvalue weighted by Crippen LogP contribution is 2.44. The fraction of sp³-hybridized carbons (Fsp3) is 0.0714. The van der Waals surface area contributed by atoms with Crippen LogP contribution < -0.4 is 10.1 Å². The van der Waals surface area contributed by atoms with Gasteiger partial charge in [-0.05, 0) is 36.4 Å². The number of ether oxygens (including phenoxy) is 1. The van der Waals surface area contributed by atoms with Gasteiger partial charge in [0.1, 0.15) is 6.29 Å². The number of carbonyl (C=O) groups is 1. The number of fused-ring (bicyclic) bond motifs is 2. The third-order valence-electron chi connectivity index (χ3n) is 2.94. The van der Waals surface area contributed by atoms with E-state index in [4.69, 9.17) is 4.74 Å². The molecule has 102 valence electrons. The Labute approximate surface area is 112 Å². The van der Waals surface area contributed by atoms with Crippen molar-refractivity contribution in [3.05, 3.63) is 47.5 Å². The van der Waals surface area contributed by atoms with E-state index in [1.165, 1.54) is 12.1 Å². The van der Waals surface area contributed by atoms with Crippen LogP contribution in [0, 0.1) is 0 Å². The van der Waals surface area contributed by atoms with Crippen molar-refractivity contribution in [3.8, 4) is 11.5 Å². The third-order valence-corrected chi connectivity index (χ3v) is 2.94. The quantitative estimate of drug-likeness (QED) is 0.672. The van der Waals surface area contributed by atoms with Crippen molar-refractivity contribution in [2.75, 3.05) is 5.32 Å². The van der Waals surface area contributed by atoms with Gasteiger partial charge in [-0.1, -0.05) is 0 Å². The molecule has 1 heterocycles. The van der Waals surface area contributed by atoms with Crippen molar-refractivity contribution in [2.24, 2.45) is 0 Å². The highest BCUT2D eigenvalue weighted by Gasteiger charge is 2.32. The summed E-state index contributed by atoms with van der Waals surface area (Å²) in [6.45, 7) is 0. The number of alkyl halides is 3. The number of anilines is 2. The Kier molecular flexibility index (Phi) is 2.67. The number of rotatable bonds is 1. The summed E-state index contributed by atoms with van der Waals surface area (Å²) >= 11 is 0. The van der Waals surface area contributed by atoms with Crippen molar-refractivity contribution in [1.82, 2.24) is 0 Å². The standard InChI is InChI=1S/C14H8F3NO2/c15-14(16,17)9-2-4-12-11(6-9)18-10-3-1-8(7-19)5-13(10)20-12/h1-7,18H. The summed E-state index contributed by atoms with van der Waals surface area (Å²) in [7, 11) is 0. The van der Waals surface area contributed by atoms with Crippen LogP contribution in [0.2, 0.25) is 0 Å². The van der Waals surface area contributed by atoms with E-state index < -0.39 is 11.7 Å². The fourth-order valence-electron chi connectivity index (χ4n) is 1.96. The Hall–Kier alpha value is -2.50. The van der Waals surface area contributed by atoms with Gasteiger partial charge in [0.15, 0.2) is 11.5 Å². The monoisotopic (exact) mass is 279 g/mol. The predicted octanol–water partition coefficient (Wildman–Crippen LogP) is 4.37. The first kappa shape index (κ1) is 12.5. The van der Waals surface area contributed by atoms with Gasteiger partial charge in [0.05, 0.1) is 16.9 Å². The molecule has 3 nitrogen and oxygen atoms in total. The van der Waals surface area contributed by atoms with Gasteiger partial charge in [-0.3, -0.25) is 4.79 Å². The fourth-order valence-corrected chi connectivity index (χ4v) is 1.96. The zero-order valence-corrected chi connectivity index (χ0v) is 9.99. The van der Waals surface area contributed by atoms with Gasteiger partial charge in [-0.15, -0.1) is 0 Å². The molecule has 0 fully saturated rings. The molecule has 0 bridgehead atoms. The van der Waals surface area contributed by atoms with E-state index in [2.05, 4.69) is 5.32 Å². The lowest BCUT2D eigenvalue weighted by Crippen LogP contribution is -2.08. The average molecular weight is 279 g/mol. The maximum absolute atomic E-state index is 12.6. The molecular formula is C14H8F3NO2. The topological polar surface area (TPSA) is 38.3 Å². The summed E-state index contributed by atoms with van der Waals surface area (Å²) in [5, 5.41) is 2.86. The molecule has 0 radical (unpaired) electrons. The third kappa shape index (κ3) is 2.09. The maximum atomic E-state index is 12.6. The van der Waals surface area contributed by atoms with Gasteiger partial charge in [0.2, 0.25) is 0 Å². The SMILES string of the molecule is O=Cc1ccc2c(c1)Oc1ccc(C(F)(F)F)cc1N2. The number of hydrogen-bond acceptors (Lipinski definition) is 3. The van der Waals surface area contributed by atoms with Gasteiger partial charge in [0, 0.05) is 5.56 Å². The van der Waals surface area contributed by atoms with Crippen LogP contribution in [0.25, 0.3) is 0 Å². The summed E-state index contributed by atoms with van der Waals surface area (Å²) in [5.41, 5.74) is 0.440. The molecule has 20 heavy (non-hydrogen) atoms. The second-order valence-electron chi connectivity index (χ2n) is 4.31. The van der Waals surface area contributed by atoms with Crippen molar-refractivity contribution >= 4 is 17.7 Å². The molecule has 0 saturated carbocycles. The van der Waals surface area contributed by atoms with Gasteiger partial charge in [-0.2, -0.15) is 13.2 Å². The second kappa shape index (κ2) is 4.26. The number of aldehydes is 1. The smallest absolute Gasteiger partial charge is 0.416 e. The van der Waals surface area contributed by atoms with E-state index in [0.717, 1.165) is 12.1 Å². The van der Waals surface area contributed by atoms with E-state index in [1.807, 2.05) is 0 Å². The molecule has 0 amide bonds. The van der Waals surface area contributed by atoms with Crippen LogP contribution in [0.1, 0.15) is 15.9 Å². The Balaban J connectivity index is 2.01. The van der Waals surface area contributed by atoms with Gasteiger partial charge >= 0.3 is 6.18 Å². The highest BCUT2D eigenvalue weighted by atomic mass is 19.4. The molecule has 2 aromatic rings. The molecule has 0 aliphatic carbocycles. The van der Waals surface area contributed by atoms with E-state index in [1.54, 1.807) is 12.1 Å². The van der Waals surface area contributed by atoms with Crippen molar-refractivity contribution in [1.29, 1.82) is 0 Å². The number of benzene rings is 2. The van der Waals surface area contributed by atoms with Crippen molar-refractivity contribution < 1.29 is 22.7 Å². The molecule has 0 unspecified atom stereocenters. The van der Waals surface area contributed by atoms with Crippen LogP contribution in [-0.4, -0.2) is 6.29 Å². The van der Waals surface area contributed by atoms with Crippen LogP contribution in [0.5, 0.6) is 11.5 Å². The summed E-state index contributed by atoms with van der Waals surface area (Å²) in [6, 6.07) is 7.86. The minimum atomic E-state index is -4.40. The molecule has 3 rings (SSSR count). The number of nitrogens with one attached hydrogen (secondary N) is 1. The minimum absolute atomic E-state index is 0.242. The molecule has 1 N–H and O–H groups in total. The molecule has 0 saturated heterocycles. The lowest BCUT2D eigenvalue weighted by Gasteiger charge is -2.22. The molecule has 0 spiro atoms. The normalized spacial score (nSPS) is 12.8. The maximum Gasteiger partial charge on any atom is 0.416 e. The average Bonchev–Trinajstić information content (AvgIpc) is 2.42. The molecule has 0 atom stereocenters. The van der Waals surface area contributed by atoms with E-state index in [9.17, 15) is 18.0 Å². The number of carbonyl (C=O) groups excluding carboxylic acids is 1. The Bertz CT molecular complexity index is 695. The summed E-state index contributed by atoms with van der Waals surface area (Å²) in [4.78, 5) is 10.7. The summed E-state index contributed by atoms with van der Waals surface area (Å²) in [6.07, 6.45) is -3.73. The lowest BCUT2D eigenvalue weighted by molar-refractivity contribution is -0.137. The number of halogens is 3. The van der Waals surface area contributed by atoms with Crippen LogP contribution in [0.15, 0.2) is 36.4 Å². The minimum Gasteiger partial charge on any atom is -0.453 e. The zero-order valence-electron chi connectivity index (χ0n) is 9.99. The van der Waals surface area contributed by atoms with E-state index in [0.29, 0.717) is 23.3 Å². The summed E-state index contributed by atoms with van der Waals surface area (Å²) in [5.74, 6) is 0.690. The molecule has 0 aromatic heterocycles. The first-order chi connectivity index (χ1) is 9.47. The molecule has 2 aromatic carbocycles. The lowest BCUT2D eigenvalue weighted by atomic mass is 10.1. The number of hydrogen-bond donors (Lipinski definition) is 1. The van der Waals surface area contributed by atoms with Gasteiger partial charge in [0.25, 0.3) is 0 Å². The first-order valence-corrected chi connectivity index (χ1v) is 5.73. The summed E-state index contributed by atoms with van der Waals surface area (Å²) < 4.78 is 43.4. The van der Waals surface area contributed by atoms with Crippen LogP contribution in [0.3, 0.4) is 0 Å². The molecule has 6 heteroatoms. The largest absolute Gasteiger partial charge is 0.453 e. The van der Waals surface area contributed by atoms with Crippen LogP contribution >= 0.6 is 0 Å². The van der Waals surface area contributed by atoms with Crippen molar-refractivity contribution in [3.63, 3.8) is 0 Å². The van der Waals surface area contributed by atoms with E-state index >= 15 is 0 Å². The predicted molar refractivity (Wildman–Crippen MR) is 66.6 cm³/mol.